The van der Waals surface area contributed by atoms with E-state index in [-0.39, 0.29) is 11.6 Å². The van der Waals surface area contributed by atoms with Gasteiger partial charge in [-0.2, -0.15) is 0 Å². The molecule has 0 aromatic carbocycles. The number of nitrogens with one attached hydrogen (secondary N) is 1. The zero-order valence-electron chi connectivity index (χ0n) is 10.4. The number of hydrogen-bond donors (Lipinski definition) is 1. The lowest BCUT2D eigenvalue weighted by Crippen LogP contribution is -2.55. The molecule has 1 unspecified atom stereocenters. The van der Waals surface area contributed by atoms with Gasteiger partial charge < -0.3 is 19.9 Å². The Kier molecular flexibility index (Phi) is 2.75. The van der Waals surface area contributed by atoms with Crippen LogP contribution in [0.1, 0.15) is 19.3 Å². The summed E-state index contributed by atoms with van der Waals surface area (Å²) in [7, 11) is 1.91. The zero-order valence-corrected chi connectivity index (χ0v) is 10.4. The molecule has 1 N–H and O–H groups in total. The molecule has 3 aliphatic rings. The van der Waals surface area contributed by atoms with Gasteiger partial charge in [0.05, 0.1) is 12.1 Å². The van der Waals surface area contributed by atoms with Crippen LogP contribution in [-0.4, -0.2) is 67.3 Å². The molecule has 0 bridgehead atoms. The highest BCUT2D eigenvalue weighted by molar-refractivity contribution is 5.78. The van der Waals surface area contributed by atoms with Crippen molar-refractivity contribution in [1.29, 1.82) is 0 Å². The second-order valence-corrected chi connectivity index (χ2v) is 5.52. The molecular formula is C12H21N3O2. The third kappa shape index (κ3) is 1.72. The van der Waals surface area contributed by atoms with Crippen LogP contribution in [0.25, 0.3) is 0 Å². The molecule has 3 fully saturated rings. The summed E-state index contributed by atoms with van der Waals surface area (Å²) < 4.78 is 5.56. The minimum Gasteiger partial charge on any atom is -0.379 e. The molecule has 2 amide bonds. The van der Waals surface area contributed by atoms with Gasteiger partial charge in [-0.3, -0.25) is 0 Å². The lowest BCUT2D eigenvalue weighted by Gasteiger charge is -2.40. The van der Waals surface area contributed by atoms with Crippen LogP contribution in [0, 0.1) is 0 Å². The minimum atomic E-state index is -0.0339. The van der Waals surface area contributed by atoms with Crippen molar-refractivity contribution >= 4 is 6.03 Å². The number of amides is 2. The SMILES string of the molecule is CN1CC2(CCOC2)N(C2CCNCC2)C1=O. The van der Waals surface area contributed by atoms with Crippen molar-refractivity contribution in [2.45, 2.75) is 30.8 Å². The number of urea groups is 1. The number of nitrogens with zero attached hydrogens (tertiary/aromatic N) is 2. The Hall–Kier alpha value is -0.810. The van der Waals surface area contributed by atoms with E-state index in [0.29, 0.717) is 12.6 Å². The predicted octanol–water partition coefficient (Wildman–Crippen LogP) is 0.265. The van der Waals surface area contributed by atoms with Crippen LogP contribution in [0.15, 0.2) is 0 Å². The highest BCUT2D eigenvalue weighted by Crippen LogP contribution is 2.36. The number of carbonyl (C=O) groups excluding carboxylic acids is 1. The lowest BCUT2D eigenvalue weighted by atomic mass is 9.93. The Bertz CT molecular complexity index is 309. The highest BCUT2D eigenvalue weighted by Gasteiger charge is 2.53. The lowest BCUT2D eigenvalue weighted by molar-refractivity contribution is 0.0807. The van der Waals surface area contributed by atoms with Gasteiger partial charge in [0.25, 0.3) is 0 Å². The highest BCUT2D eigenvalue weighted by atomic mass is 16.5. The number of rotatable bonds is 1. The van der Waals surface area contributed by atoms with Gasteiger partial charge >= 0.3 is 6.03 Å². The fraction of sp³-hybridized carbons (Fsp3) is 0.917. The van der Waals surface area contributed by atoms with E-state index in [1.54, 1.807) is 0 Å². The van der Waals surface area contributed by atoms with Gasteiger partial charge in [0.15, 0.2) is 0 Å². The molecule has 3 heterocycles. The Morgan fingerprint density at radius 1 is 1.41 bits per heavy atom. The molecular weight excluding hydrogens is 218 g/mol. The molecule has 17 heavy (non-hydrogen) atoms. The smallest absolute Gasteiger partial charge is 0.320 e. The zero-order chi connectivity index (χ0) is 11.9. The molecule has 3 saturated heterocycles. The first-order valence-corrected chi connectivity index (χ1v) is 6.56. The third-order valence-corrected chi connectivity index (χ3v) is 4.33. The Morgan fingerprint density at radius 3 is 2.82 bits per heavy atom. The van der Waals surface area contributed by atoms with Crippen LogP contribution < -0.4 is 5.32 Å². The fourth-order valence-electron chi connectivity index (χ4n) is 3.49. The molecule has 1 spiro atoms. The van der Waals surface area contributed by atoms with Crippen molar-refractivity contribution in [3.05, 3.63) is 0 Å². The van der Waals surface area contributed by atoms with Gasteiger partial charge in [-0.1, -0.05) is 0 Å². The molecule has 3 rings (SSSR count). The Morgan fingerprint density at radius 2 is 2.18 bits per heavy atom. The van der Waals surface area contributed by atoms with Gasteiger partial charge in [-0.15, -0.1) is 0 Å². The molecule has 0 aromatic rings. The number of piperidine rings is 1. The summed E-state index contributed by atoms with van der Waals surface area (Å²) in [5, 5.41) is 3.36. The van der Waals surface area contributed by atoms with Gasteiger partial charge in [-0.25, -0.2) is 4.79 Å². The average molecular weight is 239 g/mol. The summed E-state index contributed by atoms with van der Waals surface area (Å²) in [5.74, 6) is 0. The van der Waals surface area contributed by atoms with E-state index in [4.69, 9.17) is 4.74 Å². The van der Waals surface area contributed by atoms with Crippen molar-refractivity contribution in [1.82, 2.24) is 15.1 Å². The Balaban J connectivity index is 1.85. The summed E-state index contributed by atoms with van der Waals surface area (Å²) >= 11 is 0. The number of hydrogen-bond acceptors (Lipinski definition) is 3. The van der Waals surface area contributed by atoms with Crippen LogP contribution >= 0.6 is 0 Å². The Labute approximate surface area is 102 Å². The summed E-state index contributed by atoms with van der Waals surface area (Å²) in [6.07, 6.45) is 3.13. The van der Waals surface area contributed by atoms with Gasteiger partial charge in [0.2, 0.25) is 0 Å². The van der Waals surface area contributed by atoms with Crippen LogP contribution in [0.2, 0.25) is 0 Å². The van der Waals surface area contributed by atoms with E-state index >= 15 is 0 Å². The van der Waals surface area contributed by atoms with E-state index in [9.17, 15) is 4.79 Å². The van der Waals surface area contributed by atoms with Crippen molar-refractivity contribution in [2.75, 3.05) is 39.9 Å². The molecule has 0 saturated carbocycles. The predicted molar refractivity (Wildman–Crippen MR) is 63.9 cm³/mol. The molecule has 96 valence electrons. The van der Waals surface area contributed by atoms with Gasteiger partial charge in [0, 0.05) is 26.2 Å². The first kappa shape index (κ1) is 11.3. The normalized spacial score (nSPS) is 35.2. The number of carbonyl (C=O) groups is 1. The van der Waals surface area contributed by atoms with E-state index in [2.05, 4.69) is 10.2 Å². The molecule has 0 aliphatic carbocycles. The molecule has 5 nitrogen and oxygen atoms in total. The average Bonchev–Trinajstić information content (AvgIpc) is 2.88. The molecule has 0 aromatic heterocycles. The van der Waals surface area contributed by atoms with E-state index in [0.717, 1.165) is 45.5 Å². The van der Waals surface area contributed by atoms with Crippen molar-refractivity contribution < 1.29 is 9.53 Å². The van der Waals surface area contributed by atoms with Gasteiger partial charge in [-0.05, 0) is 32.4 Å². The summed E-state index contributed by atoms with van der Waals surface area (Å²) in [5.41, 5.74) is -0.0339. The second kappa shape index (κ2) is 4.14. The van der Waals surface area contributed by atoms with Crippen LogP contribution in [0.3, 0.4) is 0 Å². The minimum absolute atomic E-state index is 0.0339. The maximum atomic E-state index is 12.3. The number of ether oxygens (including phenoxy) is 1. The van der Waals surface area contributed by atoms with Crippen LogP contribution in [0.5, 0.6) is 0 Å². The first-order chi connectivity index (χ1) is 8.23. The standard InChI is InChI=1S/C12H21N3O2/c1-14-8-12(4-7-17-9-12)15(11(14)16)10-2-5-13-6-3-10/h10,13H,2-9H2,1H3. The van der Waals surface area contributed by atoms with Gasteiger partial charge in [0.1, 0.15) is 0 Å². The topological polar surface area (TPSA) is 44.8 Å². The molecule has 0 radical (unpaired) electrons. The van der Waals surface area contributed by atoms with Crippen molar-refractivity contribution in [3.63, 3.8) is 0 Å². The molecule has 3 aliphatic heterocycles. The first-order valence-electron chi connectivity index (χ1n) is 6.56. The fourth-order valence-corrected chi connectivity index (χ4v) is 3.49. The van der Waals surface area contributed by atoms with E-state index in [1.165, 1.54) is 0 Å². The molecule has 1 atom stereocenters. The van der Waals surface area contributed by atoms with E-state index < -0.39 is 0 Å². The quantitative estimate of drug-likeness (QED) is 0.714. The summed E-state index contributed by atoms with van der Waals surface area (Å²) in [6.45, 7) is 4.38. The second-order valence-electron chi connectivity index (χ2n) is 5.52. The largest absolute Gasteiger partial charge is 0.379 e. The van der Waals surface area contributed by atoms with Crippen LogP contribution in [0.4, 0.5) is 4.79 Å². The number of likely N-dealkylation sites (N-methyl/N-ethyl adjacent to an activating group) is 1. The maximum absolute atomic E-state index is 12.3. The van der Waals surface area contributed by atoms with Crippen molar-refractivity contribution in [2.24, 2.45) is 0 Å². The van der Waals surface area contributed by atoms with Crippen molar-refractivity contribution in [3.8, 4) is 0 Å². The molecule has 5 heteroatoms. The van der Waals surface area contributed by atoms with E-state index in [1.807, 2.05) is 11.9 Å². The maximum Gasteiger partial charge on any atom is 0.320 e. The summed E-state index contributed by atoms with van der Waals surface area (Å²) in [4.78, 5) is 16.3. The van der Waals surface area contributed by atoms with Crippen LogP contribution in [-0.2, 0) is 4.74 Å². The monoisotopic (exact) mass is 239 g/mol. The third-order valence-electron chi connectivity index (χ3n) is 4.33. The summed E-state index contributed by atoms with van der Waals surface area (Å²) in [6, 6.07) is 0.595.